The Balaban J connectivity index is 0.927. The number of aryl methyl sites for hydroxylation is 1. The molecule has 0 radical (unpaired) electrons. The number of nitrogens with one attached hydrogen (secondary N) is 3. The topological polar surface area (TPSA) is 621 Å². The number of carbonyl (C=O) groups is 1. The number of carbonyl (C=O) groups excluding carboxylic acids is 1. The highest BCUT2D eigenvalue weighted by atomic mass is 31.2. The second kappa shape index (κ2) is 25.5. The zero-order valence-corrected chi connectivity index (χ0v) is 47.9. The molecule has 4 saturated heterocycles. The normalized spacial score (nSPS) is 30.5. The van der Waals surface area contributed by atoms with Gasteiger partial charge in [-0.2, -0.15) is 15.0 Å². The van der Waals surface area contributed by atoms with Crippen LogP contribution in [-0.2, 0) is 73.7 Å². The Bertz CT molecular complexity index is 3910. The number of nitrogens with zero attached hydrogens (tertiary/aromatic N) is 8. The van der Waals surface area contributed by atoms with Gasteiger partial charge in [-0.25, -0.2) is 37.6 Å². The molecular weight excluding hydrogens is 1270 g/mol. The first-order valence-corrected chi connectivity index (χ1v) is 31.0. The fourth-order valence-corrected chi connectivity index (χ4v) is 12.5. The van der Waals surface area contributed by atoms with Crippen molar-refractivity contribution >= 4 is 65.9 Å². The zero-order valence-electron chi connectivity index (χ0n) is 44.3. The lowest BCUT2D eigenvalue weighted by atomic mass is 10.1. The number of rotatable bonds is 23. The maximum Gasteiger partial charge on any atom is 0.472 e. The third kappa shape index (κ3) is 15.0. The molecule has 16 N–H and O–H groups in total. The van der Waals surface area contributed by atoms with Crippen LogP contribution in [0.2, 0.25) is 0 Å². The summed E-state index contributed by atoms with van der Waals surface area (Å²) >= 11 is 0. The molecule has 9 rings (SSSR count). The zero-order chi connectivity index (χ0) is 63.4. The molecule has 3 unspecified atom stereocenters. The summed E-state index contributed by atoms with van der Waals surface area (Å²) in [7, 11) is -22.2. The summed E-state index contributed by atoms with van der Waals surface area (Å²) in [6, 6.07) is 2.23. The average Bonchev–Trinajstić information content (AvgIpc) is 3.23. The summed E-state index contributed by atoms with van der Waals surface area (Å²) in [5.74, 6) is -1.51. The summed E-state index contributed by atoms with van der Waals surface area (Å²) in [6.07, 6.45) is -25.3. The fraction of sp³-hybridized carbons (Fsp3) is 0.550. The number of aliphatic hydroxyl groups is 4. The van der Waals surface area contributed by atoms with Crippen molar-refractivity contribution in [1.82, 2.24) is 48.2 Å². The second-order valence-corrected chi connectivity index (χ2v) is 24.8. The molecule has 47 heteroatoms. The Morgan fingerprint density at radius 2 is 1.18 bits per heavy atom. The van der Waals surface area contributed by atoms with Crippen molar-refractivity contribution in [1.29, 1.82) is 0 Å². The molecule has 5 aromatic heterocycles. The van der Waals surface area contributed by atoms with Crippen molar-refractivity contribution in [3.63, 3.8) is 0 Å². The van der Waals surface area contributed by atoms with Crippen molar-refractivity contribution in [2.45, 2.75) is 112 Å². The van der Waals surface area contributed by atoms with Crippen molar-refractivity contribution in [3.8, 4) is 0 Å². The summed E-state index contributed by atoms with van der Waals surface area (Å²) in [5.41, 5.74) is 5.69. The molecule has 0 saturated carbocycles. The van der Waals surface area contributed by atoms with Gasteiger partial charge in [0.1, 0.15) is 85.0 Å². The summed E-state index contributed by atoms with van der Waals surface area (Å²) in [6.45, 7) is -2.23. The van der Waals surface area contributed by atoms with Crippen LogP contribution in [0.25, 0.3) is 11.2 Å². The molecule has 0 aromatic carbocycles. The number of imidazole rings is 1. The standard InChI is InChI=1S/C40H53N13O30P4/c1-14-8-52(40(63)49-32(14)59)23-7-16(17(77-23)9-73-84(64,65)66)81-85(67,68)75-11-20-30(28(58)36(80-20)53-13-43-24-31(53)47-37(42)48-33(24)60)83-87(71,72)76-12-19-29(27(57)35(79-19)50-5-3-21(41)45-38(50)61)82-86(69,70)74-10-18-25(55)26(56)34(78-18)51-6-4-22(44-15(2)54)46-39(51)62/h3-6,8,13,16-20,23,25-30,34-36,55-58H,7,9-12H2,1-2H3,(H,67,68)(H,69,70)(H,71,72)(H2,41,45,61)(H,49,59,63)(H2,64,65,66)(H3,42,47,48,60)(H,44,46,54,62)/t16-,17+,18+,19+,20+,23+,25+,26+,27+,28+,29+,30+,34+,35+,36+/m0/s1. The van der Waals surface area contributed by atoms with Gasteiger partial charge in [0.05, 0.1) is 32.8 Å². The number of H-pyrrole nitrogens is 2. The first-order chi connectivity index (χ1) is 40.7. The number of aromatic amines is 2. The Morgan fingerprint density at radius 3 is 1.76 bits per heavy atom. The van der Waals surface area contributed by atoms with Crippen LogP contribution in [0.5, 0.6) is 0 Å². The van der Waals surface area contributed by atoms with E-state index < -0.39 is 196 Å². The van der Waals surface area contributed by atoms with E-state index in [1.165, 1.54) is 6.92 Å². The molecule has 87 heavy (non-hydrogen) atoms. The Kier molecular flexibility index (Phi) is 19.1. The number of aromatic nitrogens is 10. The molecule has 0 spiro atoms. The molecule has 9 heterocycles. The summed E-state index contributed by atoms with van der Waals surface area (Å²) in [4.78, 5) is 146. The molecule has 4 fully saturated rings. The first-order valence-electron chi connectivity index (χ1n) is 24.9. The van der Waals surface area contributed by atoms with Crippen LogP contribution in [0.4, 0.5) is 17.6 Å². The van der Waals surface area contributed by atoms with Crippen molar-refractivity contribution in [3.05, 3.63) is 94.8 Å². The van der Waals surface area contributed by atoms with Gasteiger partial charge in [-0.05, 0) is 19.1 Å². The van der Waals surface area contributed by atoms with Gasteiger partial charge < -0.3 is 80.6 Å². The lowest BCUT2D eigenvalue weighted by molar-refractivity contribution is -0.114. The molecule has 5 aromatic rings. The SMILES string of the molecule is CC(=O)Nc1ccn([C@@H]2O[C@H](COP(=O)(O)O[C@H]3[C@@H](O)[C@H](n4ccc(N)nc4=O)O[C@@H]3COP(=O)(O)O[C@H]3[C@@H](O)[C@H](n4cnc5c(=O)[nH]c(N)nc54)O[C@@H]3COP(=O)(O)O[C@H]3C[C@H](n4cc(C)c(=O)[nH]c4=O)O[C@@H]3COP(=O)(O)O)[C@@H](O)[C@H]2O)c(=O)n1. The van der Waals surface area contributed by atoms with Gasteiger partial charge in [0.25, 0.3) is 11.1 Å². The van der Waals surface area contributed by atoms with E-state index in [-0.39, 0.29) is 28.4 Å². The van der Waals surface area contributed by atoms with E-state index in [1.807, 2.05) is 4.98 Å². The Hall–Kier alpha value is -6.02. The maximum absolute atomic E-state index is 14.0. The predicted octanol–water partition coefficient (Wildman–Crippen LogP) is -5.35. The van der Waals surface area contributed by atoms with Crippen LogP contribution in [-0.4, -0.2) is 193 Å². The van der Waals surface area contributed by atoms with E-state index in [2.05, 4.69) is 34.8 Å². The van der Waals surface area contributed by atoms with Gasteiger partial charge in [-0.3, -0.25) is 74.3 Å². The van der Waals surface area contributed by atoms with E-state index in [9.17, 15) is 91.9 Å². The number of hydrogen-bond acceptors (Lipinski definition) is 31. The third-order valence-electron chi connectivity index (χ3n) is 13.2. The first kappa shape index (κ1) is 65.4. The minimum atomic E-state index is -5.80. The van der Waals surface area contributed by atoms with Crippen molar-refractivity contribution in [2.75, 3.05) is 43.2 Å². The molecule has 4 aliphatic heterocycles. The van der Waals surface area contributed by atoms with E-state index in [1.54, 1.807) is 0 Å². The smallest absolute Gasteiger partial charge is 0.387 e. The minimum absolute atomic E-state index is 0.00386. The molecule has 1 amide bonds. The number of fused-ring (bicyclic) bond motifs is 1. The number of phosphoric ester groups is 4. The fourth-order valence-electron chi connectivity index (χ4n) is 9.30. The van der Waals surface area contributed by atoms with Crippen molar-refractivity contribution in [2.24, 2.45) is 0 Å². The molecule has 0 bridgehead atoms. The van der Waals surface area contributed by atoms with E-state index in [4.69, 9.17) is 57.6 Å². The molecule has 478 valence electrons. The van der Waals surface area contributed by atoms with E-state index in [0.29, 0.717) is 4.57 Å². The number of amides is 1. The number of aliphatic hydroxyl groups excluding tert-OH is 4. The molecule has 18 atom stereocenters. The van der Waals surface area contributed by atoms with Gasteiger partial charge in [0.15, 0.2) is 29.8 Å². The Labute approximate surface area is 481 Å². The highest BCUT2D eigenvalue weighted by molar-refractivity contribution is 7.48. The Morgan fingerprint density at radius 1 is 0.655 bits per heavy atom. The van der Waals surface area contributed by atoms with E-state index >= 15 is 0 Å². The lowest BCUT2D eigenvalue weighted by Gasteiger charge is -2.26. The van der Waals surface area contributed by atoms with Gasteiger partial charge >= 0.3 is 48.4 Å². The van der Waals surface area contributed by atoms with Crippen LogP contribution in [0.1, 0.15) is 43.8 Å². The van der Waals surface area contributed by atoms with E-state index in [0.717, 1.165) is 57.7 Å². The van der Waals surface area contributed by atoms with Crippen LogP contribution in [0.15, 0.2) is 61.0 Å². The van der Waals surface area contributed by atoms with Crippen molar-refractivity contribution < 1.29 is 119 Å². The summed E-state index contributed by atoms with van der Waals surface area (Å²) < 4.78 is 115. The number of phosphoric acid groups is 4. The highest BCUT2D eigenvalue weighted by Gasteiger charge is 2.54. The molecule has 43 nitrogen and oxygen atoms in total. The molecule has 4 aliphatic rings. The van der Waals surface area contributed by atoms with Gasteiger partial charge in [0.2, 0.25) is 11.9 Å². The van der Waals surface area contributed by atoms with Crippen LogP contribution in [0.3, 0.4) is 0 Å². The minimum Gasteiger partial charge on any atom is -0.387 e. The second-order valence-electron chi connectivity index (χ2n) is 19.4. The largest absolute Gasteiger partial charge is 0.472 e. The monoisotopic (exact) mass is 1320 g/mol. The predicted molar refractivity (Wildman–Crippen MR) is 279 cm³/mol. The van der Waals surface area contributed by atoms with Gasteiger partial charge in [0, 0.05) is 37.5 Å². The number of hydrogen-bond donors (Lipinski definition) is 14. The number of anilines is 3. The number of nitrogens with two attached hydrogens (primary N) is 2. The molecule has 0 aliphatic carbocycles. The summed E-state index contributed by atoms with van der Waals surface area (Å²) in [5, 5.41) is 47.1. The number of nitrogen functional groups attached to an aromatic ring is 2. The average molecular weight is 1320 g/mol. The van der Waals surface area contributed by atoms with Crippen LogP contribution in [0, 0.1) is 6.92 Å². The van der Waals surface area contributed by atoms with Crippen LogP contribution < -0.4 is 45.0 Å². The van der Waals surface area contributed by atoms with Gasteiger partial charge in [-0.1, -0.05) is 0 Å². The quantitative estimate of drug-likeness (QED) is 0.0272. The van der Waals surface area contributed by atoms with Crippen LogP contribution >= 0.6 is 31.3 Å². The highest BCUT2D eigenvalue weighted by Crippen LogP contribution is 2.54. The maximum atomic E-state index is 14.0. The number of ether oxygens (including phenoxy) is 4. The van der Waals surface area contributed by atoms with Gasteiger partial charge in [-0.15, -0.1) is 0 Å². The third-order valence-corrected chi connectivity index (χ3v) is 16.7. The molecular formula is C40H53N13O30P4. The lowest BCUT2D eigenvalue weighted by Crippen LogP contribution is -2.38.